The maximum Gasteiger partial charge on any atom is 0.343 e. The van der Waals surface area contributed by atoms with E-state index >= 15 is 0 Å². The highest BCUT2D eigenvalue weighted by Gasteiger charge is 2.21. The quantitative estimate of drug-likeness (QED) is 0.751. The van der Waals surface area contributed by atoms with Crippen LogP contribution in [0.15, 0.2) is 24.3 Å². The number of carbonyl (C=O) groups is 3. The van der Waals surface area contributed by atoms with E-state index in [1.165, 1.54) is 13.2 Å². The van der Waals surface area contributed by atoms with Crippen LogP contribution in [0, 0.1) is 6.92 Å². The third kappa shape index (κ3) is 4.32. The highest BCUT2D eigenvalue weighted by atomic mass is 32.1. The molecule has 2 N–H and O–H groups in total. The zero-order valence-electron chi connectivity index (χ0n) is 13.9. The number of methoxy groups -OCH3 is 1. The van der Waals surface area contributed by atoms with Gasteiger partial charge in [-0.25, -0.2) is 4.79 Å². The molecule has 0 saturated heterocycles. The van der Waals surface area contributed by atoms with E-state index < -0.39 is 24.4 Å². The maximum absolute atomic E-state index is 12.1. The molecule has 0 atom stereocenters. The first-order valence-corrected chi connectivity index (χ1v) is 8.03. The molecule has 2 aromatic rings. The van der Waals surface area contributed by atoms with Gasteiger partial charge in [0, 0.05) is 7.05 Å². The number of nitrogens with one attached hydrogen (secondary N) is 2. The summed E-state index contributed by atoms with van der Waals surface area (Å²) in [5, 5.41) is 5.54. The van der Waals surface area contributed by atoms with E-state index in [4.69, 9.17) is 9.47 Å². The molecule has 0 unspecified atom stereocenters. The normalized spacial score (nSPS) is 10.0. The molecule has 0 aliphatic heterocycles. The second-order valence-corrected chi connectivity index (χ2v) is 5.65. The number of hydrogen-bond donors (Lipinski definition) is 2. The van der Waals surface area contributed by atoms with Crippen molar-refractivity contribution in [2.75, 3.05) is 26.1 Å². The number of aryl methyl sites for hydroxylation is 1. The SMILES string of the molecule is CNc1snc(C)c1C(=O)OCC(=O)NC(=O)c1ccccc1OC. The number of carbonyl (C=O) groups excluding carboxylic acids is 3. The number of amides is 2. The molecular formula is C16H17N3O5S. The minimum Gasteiger partial charge on any atom is -0.496 e. The topological polar surface area (TPSA) is 107 Å². The summed E-state index contributed by atoms with van der Waals surface area (Å²) in [4.78, 5) is 36.0. The second kappa shape index (κ2) is 8.25. The van der Waals surface area contributed by atoms with Crippen LogP contribution in [0.3, 0.4) is 0 Å². The number of para-hydroxylation sites is 1. The van der Waals surface area contributed by atoms with Gasteiger partial charge in [0.2, 0.25) is 0 Å². The van der Waals surface area contributed by atoms with Crippen molar-refractivity contribution in [3.05, 3.63) is 41.1 Å². The van der Waals surface area contributed by atoms with Crippen LogP contribution in [0.4, 0.5) is 5.00 Å². The lowest BCUT2D eigenvalue weighted by Gasteiger charge is -2.09. The summed E-state index contributed by atoms with van der Waals surface area (Å²) >= 11 is 1.12. The molecule has 25 heavy (non-hydrogen) atoms. The van der Waals surface area contributed by atoms with Gasteiger partial charge in [-0.2, -0.15) is 4.37 Å². The molecule has 1 heterocycles. The van der Waals surface area contributed by atoms with Gasteiger partial charge in [0.1, 0.15) is 16.3 Å². The molecule has 132 valence electrons. The predicted molar refractivity (Wildman–Crippen MR) is 92.1 cm³/mol. The Bertz CT molecular complexity index is 803. The zero-order valence-corrected chi connectivity index (χ0v) is 14.7. The first-order chi connectivity index (χ1) is 12.0. The third-order valence-electron chi connectivity index (χ3n) is 3.23. The van der Waals surface area contributed by atoms with Crippen LogP contribution in [-0.2, 0) is 9.53 Å². The standard InChI is InChI=1S/C16H17N3O5S/c1-9-13(15(17-2)25-19-9)16(22)24-8-12(20)18-14(21)10-6-4-5-7-11(10)23-3/h4-7,17H,8H2,1-3H3,(H,18,20,21). The van der Waals surface area contributed by atoms with Crippen molar-refractivity contribution in [3.63, 3.8) is 0 Å². The fraction of sp³-hybridized carbons (Fsp3) is 0.250. The molecule has 8 nitrogen and oxygen atoms in total. The number of anilines is 1. The van der Waals surface area contributed by atoms with Crippen molar-refractivity contribution >= 4 is 34.3 Å². The van der Waals surface area contributed by atoms with E-state index in [1.807, 2.05) is 0 Å². The summed E-state index contributed by atoms with van der Waals surface area (Å²) in [5.41, 5.74) is 0.987. The molecule has 0 radical (unpaired) electrons. The molecule has 1 aromatic carbocycles. The highest BCUT2D eigenvalue weighted by Crippen LogP contribution is 2.24. The maximum atomic E-state index is 12.1. The Labute approximate surface area is 148 Å². The van der Waals surface area contributed by atoms with Gasteiger partial charge < -0.3 is 14.8 Å². The Kier molecular flexibility index (Phi) is 6.07. The lowest BCUT2D eigenvalue weighted by atomic mass is 10.2. The molecular weight excluding hydrogens is 346 g/mol. The number of hydrogen-bond acceptors (Lipinski definition) is 8. The molecule has 0 spiro atoms. The van der Waals surface area contributed by atoms with Gasteiger partial charge in [-0.3, -0.25) is 14.9 Å². The van der Waals surface area contributed by atoms with E-state index in [-0.39, 0.29) is 11.1 Å². The van der Waals surface area contributed by atoms with Gasteiger partial charge in [0.05, 0.1) is 18.4 Å². The average Bonchev–Trinajstić information content (AvgIpc) is 3.00. The number of nitrogens with zero attached hydrogens (tertiary/aromatic N) is 1. The summed E-state index contributed by atoms with van der Waals surface area (Å²) in [7, 11) is 3.08. The molecule has 0 aliphatic rings. The largest absolute Gasteiger partial charge is 0.496 e. The lowest BCUT2D eigenvalue weighted by Crippen LogP contribution is -2.34. The van der Waals surface area contributed by atoms with Gasteiger partial charge in [0.15, 0.2) is 6.61 Å². The zero-order chi connectivity index (χ0) is 18.4. The van der Waals surface area contributed by atoms with E-state index in [2.05, 4.69) is 15.0 Å². The smallest absolute Gasteiger partial charge is 0.343 e. The number of benzene rings is 1. The molecule has 0 saturated carbocycles. The average molecular weight is 363 g/mol. The van der Waals surface area contributed by atoms with Gasteiger partial charge >= 0.3 is 5.97 Å². The number of rotatable bonds is 6. The molecule has 0 bridgehead atoms. The predicted octanol–water partition coefficient (Wildman–Crippen LogP) is 1.62. The molecule has 2 amide bonds. The van der Waals surface area contributed by atoms with Crippen molar-refractivity contribution in [2.45, 2.75) is 6.92 Å². The van der Waals surface area contributed by atoms with E-state index in [9.17, 15) is 14.4 Å². The monoisotopic (exact) mass is 363 g/mol. The Morgan fingerprint density at radius 1 is 1.24 bits per heavy atom. The minimum atomic E-state index is -0.740. The van der Waals surface area contributed by atoms with Crippen LogP contribution in [0.5, 0.6) is 5.75 Å². The van der Waals surface area contributed by atoms with E-state index in [0.29, 0.717) is 16.4 Å². The Balaban J connectivity index is 1.95. The summed E-state index contributed by atoms with van der Waals surface area (Å²) in [6, 6.07) is 6.47. The molecule has 0 fully saturated rings. The summed E-state index contributed by atoms with van der Waals surface area (Å²) < 4.78 is 14.1. The highest BCUT2D eigenvalue weighted by molar-refractivity contribution is 7.10. The molecule has 2 rings (SSSR count). The van der Waals surface area contributed by atoms with Crippen molar-refractivity contribution in [1.29, 1.82) is 0 Å². The van der Waals surface area contributed by atoms with Gasteiger partial charge in [-0.15, -0.1) is 0 Å². The number of esters is 1. The Morgan fingerprint density at radius 3 is 2.64 bits per heavy atom. The van der Waals surface area contributed by atoms with Crippen molar-refractivity contribution in [2.24, 2.45) is 0 Å². The van der Waals surface area contributed by atoms with E-state index in [1.54, 1.807) is 32.2 Å². The summed E-state index contributed by atoms with van der Waals surface area (Å²) in [6.07, 6.45) is 0. The van der Waals surface area contributed by atoms with Gasteiger partial charge in [0.25, 0.3) is 11.8 Å². The van der Waals surface area contributed by atoms with Crippen LogP contribution in [-0.4, -0.2) is 42.9 Å². The fourth-order valence-corrected chi connectivity index (χ4v) is 2.78. The number of imide groups is 1. The Hall–Kier alpha value is -2.94. The van der Waals surface area contributed by atoms with Crippen molar-refractivity contribution in [1.82, 2.24) is 9.69 Å². The molecule has 0 aliphatic carbocycles. The molecule has 9 heteroatoms. The van der Waals surface area contributed by atoms with Crippen LogP contribution < -0.4 is 15.4 Å². The fourth-order valence-electron chi connectivity index (χ4n) is 2.05. The van der Waals surface area contributed by atoms with Gasteiger partial charge in [-0.05, 0) is 30.6 Å². The van der Waals surface area contributed by atoms with Gasteiger partial charge in [-0.1, -0.05) is 12.1 Å². The Morgan fingerprint density at radius 2 is 1.96 bits per heavy atom. The van der Waals surface area contributed by atoms with Crippen LogP contribution in [0.25, 0.3) is 0 Å². The van der Waals surface area contributed by atoms with Crippen molar-refractivity contribution in [3.8, 4) is 5.75 Å². The van der Waals surface area contributed by atoms with Crippen molar-refractivity contribution < 1.29 is 23.9 Å². The first-order valence-electron chi connectivity index (χ1n) is 7.26. The summed E-state index contributed by atoms with van der Waals surface area (Å²) in [6.45, 7) is 1.08. The van der Waals surface area contributed by atoms with Crippen LogP contribution in [0.2, 0.25) is 0 Å². The lowest BCUT2D eigenvalue weighted by molar-refractivity contribution is -0.123. The first kappa shape index (κ1) is 18.4. The van der Waals surface area contributed by atoms with Crippen LogP contribution >= 0.6 is 11.5 Å². The van der Waals surface area contributed by atoms with E-state index in [0.717, 1.165) is 11.5 Å². The second-order valence-electron chi connectivity index (χ2n) is 4.88. The minimum absolute atomic E-state index is 0.208. The number of ether oxygens (including phenoxy) is 2. The molecule has 1 aromatic heterocycles. The third-order valence-corrected chi connectivity index (χ3v) is 4.19. The number of aromatic nitrogens is 1. The summed E-state index contributed by atoms with van der Waals surface area (Å²) in [5.74, 6) is -1.72. The van der Waals surface area contributed by atoms with Crippen LogP contribution in [0.1, 0.15) is 26.4 Å².